The molecule has 41 heavy (non-hydrogen) atoms. The topological polar surface area (TPSA) is 77.3 Å². The van der Waals surface area contributed by atoms with Gasteiger partial charge < -0.3 is 9.64 Å². The number of thioether (sulfide) groups is 1. The van der Waals surface area contributed by atoms with E-state index in [0.717, 1.165) is 32.9 Å². The van der Waals surface area contributed by atoms with E-state index in [0.29, 0.717) is 30.0 Å². The molecule has 1 aliphatic heterocycles. The van der Waals surface area contributed by atoms with Crippen LogP contribution < -0.4 is 0 Å². The number of rotatable bonds is 7. The molecule has 1 fully saturated rings. The third-order valence-corrected chi connectivity index (χ3v) is 9.52. The van der Waals surface area contributed by atoms with Crippen molar-refractivity contribution in [1.82, 2.24) is 19.7 Å². The minimum absolute atomic E-state index is 0.0473. The number of aryl methyl sites for hydroxylation is 1. The molecule has 0 spiro atoms. The minimum atomic E-state index is -4.38. The number of aromatic nitrogens is 3. The van der Waals surface area contributed by atoms with E-state index in [4.69, 9.17) is 4.98 Å². The number of hydrogen-bond donors (Lipinski definition) is 0. The lowest BCUT2D eigenvalue weighted by Crippen LogP contribution is -2.40. The summed E-state index contributed by atoms with van der Waals surface area (Å²) in [6.45, 7) is 8.98. The fourth-order valence-corrected chi connectivity index (χ4v) is 7.12. The molecule has 0 aliphatic carbocycles. The first kappa shape index (κ1) is 31.6. The largest absolute Gasteiger partial charge is 0.469 e. The Kier molecular flexibility index (Phi) is 9.59. The Morgan fingerprint density at radius 1 is 1.15 bits per heavy atom. The van der Waals surface area contributed by atoms with Crippen LogP contribution >= 0.6 is 39.0 Å². The van der Waals surface area contributed by atoms with E-state index in [2.05, 4.69) is 25.8 Å². The summed E-state index contributed by atoms with van der Waals surface area (Å²) in [6, 6.07) is 6.84. The zero-order valence-electron chi connectivity index (χ0n) is 23.5. The zero-order chi connectivity index (χ0) is 30.1. The Morgan fingerprint density at radius 2 is 1.83 bits per heavy atom. The van der Waals surface area contributed by atoms with Gasteiger partial charge in [0.25, 0.3) is 0 Å². The number of amides is 1. The Balaban J connectivity index is 1.45. The summed E-state index contributed by atoms with van der Waals surface area (Å²) >= 11 is 4.98. The number of carbonyl (C=O) groups excluding carboxylic acids is 2. The molecule has 3 heterocycles. The van der Waals surface area contributed by atoms with Crippen molar-refractivity contribution < 1.29 is 27.5 Å². The molecule has 222 valence electrons. The molecule has 4 rings (SSSR count). The molecule has 0 atom stereocenters. The van der Waals surface area contributed by atoms with E-state index in [9.17, 15) is 22.8 Å². The summed E-state index contributed by atoms with van der Waals surface area (Å²) < 4.78 is 46.7. The Bertz CT molecular complexity index is 1420. The molecule has 1 aromatic carbocycles. The molecule has 1 aliphatic rings. The van der Waals surface area contributed by atoms with Crippen LogP contribution in [0.4, 0.5) is 13.2 Å². The van der Waals surface area contributed by atoms with Crippen LogP contribution in [-0.2, 0) is 32.7 Å². The van der Waals surface area contributed by atoms with Crippen molar-refractivity contribution in [3.8, 4) is 11.3 Å². The average molecular weight is 674 g/mol. The fraction of sp³-hybridized carbons (Fsp3) is 0.500. The normalized spacial score (nSPS) is 14.9. The van der Waals surface area contributed by atoms with Crippen molar-refractivity contribution in [2.75, 3.05) is 20.2 Å². The number of esters is 1. The summed E-state index contributed by atoms with van der Waals surface area (Å²) in [6.07, 6.45) is 1.51. The molecule has 3 aromatic rings. The van der Waals surface area contributed by atoms with Gasteiger partial charge >= 0.3 is 11.5 Å². The number of benzene rings is 1. The van der Waals surface area contributed by atoms with Crippen molar-refractivity contribution >= 4 is 50.9 Å². The number of ether oxygens (including phenoxy) is 1. The van der Waals surface area contributed by atoms with Crippen molar-refractivity contribution in [2.24, 2.45) is 0 Å². The second-order valence-electron chi connectivity index (χ2n) is 11.1. The molecule has 0 saturated carbocycles. The monoisotopic (exact) mass is 672 g/mol. The number of nitrogens with zero attached hydrogens (tertiary/aromatic N) is 4. The van der Waals surface area contributed by atoms with Crippen LogP contribution in [0.15, 0.2) is 32.9 Å². The van der Waals surface area contributed by atoms with E-state index >= 15 is 0 Å². The summed E-state index contributed by atoms with van der Waals surface area (Å²) in [5.74, 6) is -0.293. The Hall–Kier alpha value is -2.38. The van der Waals surface area contributed by atoms with Crippen LogP contribution in [0.3, 0.4) is 0 Å². The highest BCUT2D eigenvalue weighted by atomic mass is 79.9. The molecular formula is C28H32BrF3N4O3S2. The van der Waals surface area contributed by atoms with Crippen LogP contribution in [0.5, 0.6) is 0 Å². The van der Waals surface area contributed by atoms with Gasteiger partial charge in [-0.3, -0.25) is 14.3 Å². The second kappa shape index (κ2) is 12.5. The van der Waals surface area contributed by atoms with Crippen LogP contribution in [0.1, 0.15) is 61.5 Å². The molecule has 1 saturated heterocycles. The quantitative estimate of drug-likeness (QED) is 0.197. The van der Waals surface area contributed by atoms with Crippen molar-refractivity contribution in [3.05, 3.63) is 50.0 Å². The molecule has 7 nitrogen and oxygen atoms in total. The zero-order valence-corrected chi connectivity index (χ0v) is 26.7. The van der Waals surface area contributed by atoms with Gasteiger partial charge in [0.15, 0.2) is 0 Å². The lowest BCUT2D eigenvalue weighted by atomic mass is 9.86. The summed E-state index contributed by atoms with van der Waals surface area (Å²) in [7, 11) is 1.32. The third-order valence-electron chi connectivity index (χ3n) is 6.95. The first-order valence-electron chi connectivity index (χ1n) is 13.1. The summed E-state index contributed by atoms with van der Waals surface area (Å²) in [5, 5.41) is 5.28. The van der Waals surface area contributed by atoms with E-state index < -0.39 is 5.51 Å². The van der Waals surface area contributed by atoms with Crippen LogP contribution in [0.25, 0.3) is 11.3 Å². The number of thiazole rings is 1. The maximum absolute atomic E-state index is 13.2. The molecule has 2 aromatic heterocycles. The Labute approximate surface area is 254 Å². The highest BCUT2D eigenvalue weighted by Gasteiger charge is 2.31. The number of alkyl halides is 3. The van der Waals surface area contributed by atoms with Gasteiger partial charge in [-0.05, 0) is 82.7 Å². The standard InChI is InChI=1S/C28H32BrF3N4O3S2/c1-16-10-20(14-23(38)39-5)34-36(16)15-22(37)35-8-6-17(7-9-35)26-33-24(25(29)40-26)18-11-19(27(2,3)4)13-21(12-18)41-28(30,31)32/h10-13,17H,6-9,14-15H2,1-5H3. The van der Waals surface area contributed by atoms with E-state index in [1.165, 1.54) is 18.4 Å². The van der Waals surface area contributed by atoms with Crippen LogP contribution in [0, 0.1) is 6.92 Å². The molecule has 13 heteroatoms. The van der Waals surface area contributed by atoms with Crippen LogP contribution in [0.2, 0.25) is 0 Å². The molecule has 0 bridgehead atoms. The summed E-state index contributed by atoms with van der Waals surface area (Å²) in [5.41, 5.74) is -1.28. The number of piperidine rings is 1. The second-order valence-corrected chi connectivity index (χ2v) is 14.5. The van der Waals surface area contributed by atoms with Gasteiger partial charge in [0.1, 0.15) is 6.54 Å². The fourth-order valence-electron chi connectivity index (χ4n) is 4.68. The van der Waals surface area contributed by atoms with Gasteiger partial charge in [0.05, 0.1) is 33.7 Å². The predicted molar refractivity (Wildman–Crippen MR) is 157 cm³/mol. The number of carbonyl (C=O) groups is 2. The number of methoxy groups -OCH3 is 1. The molecule has 0 unspecified atom stereocenters. The van der Waals surface area contributed by atoms with Crippen molar-refractivity contribution in [1.29, 1.82) is 0 Å². The van der Waals surface area contributed by atoms with Gasteiger partial charge in [-0.1, -0.05) is 20.8 Å². The lowest BCUT2D eigenvalue weighted by Gasteiger charge is -2.31. The number of hydrogen-bond acceptors (Lipinski definition) is 7. The predicted octanol–water partition coefficient (Wildman–Crippen LogP) is 7.11. The van der Waals surface area contributed by atoms with Gasteiger partial charge in [0.2, 0.25) is 5.91 Å². The molecule has 0 N–H and O–H groups in total. The minimum Gasteiger partial charge on any atom is -0.469 e. The van der Waals surface area contributed by atoms with Gasteiger partial charge in [0, 0.05) is 35.2 Å². The SMILES string of the molecule is COC(=O)Cc1cc(C)n(CC(=O)N2CCC(c3nc(-c4cc(SC(F)(F)F)cc(C(C)(C)C)c4)c(Br)s3)CC2)n1. The third kappa shape index (κ3) is 8.13. The maximum Gasteiger partial charge on any atom is 0.446 e. The smallest absolute Gasteiger partial charge is 0.446 e. The first-order chi connectivity index (χ1) is 19.1. The maximum atomic E-state index is 13.2. The lowest BCUT2D eigenvalue weighted by molar-refractivity contribution is -0.139. The Morgan fingerprint density at radius 3 is 2.44 bits per heavy atom. The molecule has 1 amide bonds. The number of likely N-dealkylation sites (tertiary alicyclic amines) is 1. The van der Waals surface area contributed by atoms with E-state index in [-0.39, 0.29) is 52.8 Å². The van der Waals surface area contributed by atoms with Crippen molar-refractivity contribution in [2.45, 2.75) is 75.2 Å². The van der Waals surface area contributed by atoms with Gasteiger partial charge in [-0.15, -0.1) is 11.3 Å². The highest BCUT2D eigenvalue weighted by molar-refractivity contribution is 9.11. The molecular weight excluding hydrogens is 641 g/mol. The molecule has 0 radical (unpaired) electrons. The van der Waals surface area contributed by atoms with Crippen LogP contribution in [-0.4, -0.2) is 57.2 Å². The number of halogens is 4. The van der Waals surface area contributed by atoms with Gasteiger partial charge in [-0.2, -0.15) is 18.3 Å². The van der Waals surface area contributed by atoms with Crippen molar-refractivity contribution in [3.63, 3.8) is 0 Å². The van der Waals surface area contributed by atoms with E-state index in [1.54, 1.807) is 22.9 Å². The average Bonchev–Trinajstić information content (AvgIpc) is 3.43. The highest BCUT2D eigenvalue weighted by Crippen LogP contribution is 2.44. The van der Waals surface area contributed by atoms with E-state index in [1.807, 2.05) is 38.7 Å². The summed E-state index contributed by atoms with van der Waals surface area (Å²) in [4.78, 5) is 31.4. The first-order valence-corrected chi connectivity index (χ1v) is 15.5. The van der Waals surface area contributed by atoms with Gasteiger partial charge in [-0.25, -0.2) is 4.98 Å².